The Morgan fingerprint density at radius 1 is 1.15 bits per heavy atom. The summed E-state index contributed by atoms with van der Waals surface area (Å²) >= 11 is 0. The zero-order valence-electron chi connectivity index (χ0n) is 11.4. The van der Waals surface area contributed by atoms with Gasteiger partial charge in [-0.05, 0) is 31.0 Å². The molecule has 2 aliphatic rings. The van der Waals surface area contributed by atoms with Crippen molar-refractivity contribution in [1.82, 2.24) is 4.90 Å². The van der Waals surface area contributed by atoms with Crippen molar-refractivity contribution < 1.29 is 14.3 Å². The second-order valence-corrected chi connectivity index (χ2v) is 5.25. The van der Waals surface area contributed by atoms with Gasteiger partial charge in [0.25, 0.3) is 11.8 Å². The quantitative estimate of drug-likeness (QED) is 0.852. The van der Waals surface area contributed by atoms with Crippen LogP contribution in [0, 0.1) is 0 Å². The summed E-state index contributed by atoms with van der Waals surface area (Å²) in [5.74, 6) is 0.463. The van der Waals surface area contributed by atoms with Crippen LogP contribution in [0.1, 0.15) is 36.0 Å². The summed E-state index contributed by atoms with van der Waals surface area (Å²) < 4.78 is 5.36. The van der Waals surface area contributed by atoms with Gasteiger partial charge in [-0.25, -0.2) is 0 Å². The number of nitrogens with zero attached hydrogens (tertiary/aromatic N) is 1. The molecule has 0 atom stereocenters. The highest BCUT2D eigenvalue weighted by molar-refractivity contribution is 5.99. The first-order chi connectivity index (χ1) is 9.74. The Balaban J connectivity index is 1.79. The van der Waals surface area contributed by atoms with E-state index in [9.17, 15) is 9.59 Å². The number of benzene rings is 1. The fourth-order valence-electron chi connectivity index (χ4n) is 2.66. The van der Waals surface area contributed by atoms with E-state index >= 15 is 0 Å². The summed E-state index contributed by atoms with van der Waals surface area (Å²) in [5.41, 5.74) is 1.26. The minimum Gasteiger partial charge on any atom is -0.482 e. The van der Waals surface area contributed by atoms with E-state index in [1.807, 2.05) is 4.90 Å². The molecule has 20 heavy (non-hydrogen) atoms. The molecule has 5 nitrogen and oxygen atoms in total. The van der Waals surface area contributed by atoms with Crippen molar-refractivity contribution in [3.63, 3.8) is 0 Å². The minimum atomic E-state index is -0.163. The number of fused-ring (bicyclic) bond motifs is 1. The number of amides is 2. The Labute approximate surface area is 117 Å². The topological polar surface area (TPSA) is 58.6 Å². The van der Waals surface area contributed by atoms with Gasteiger partial charge in [-0.15, -0.1) is 0 Å². The second kappa shape index (κ2) is 5.53. The molecule has 0 aromatic heterocycles. The van der Waals surface area contributed by atoms with E-state index in [-0.39, 0.29) is 18.4 Å². The van der Waals surface area contributed by atoms with E-state index in [4.69, 9.17) is 4.74 Å². The lowest BCUT2D eigenvalue weighted by molar-refractivity contribution is -0.118. The highest BCUT2D eigenvalue weighted by Crippen LogP contribution is 2.29. The molecular weight excluding hydrogens is 256 g/mol. The molecule has 1 fully saturated rings. The number of carbonyl (C=O) groups excluding carboxylic acids is 2. The standard InChI is InChI=1S/C15H18N2O3/c18-14-10-20-13-9-11(5-6-12(13)16-14)15(19)17-7-3-1-2-4-8-17/h5-6,9H,1-4,7-8,10H2,(H,16,18). The van der Waals surface area contributed by atoms with Crippen LogP contribution in [-0.4, -0.2) is 36.4 Å². The zero-order chi connectivity index (χ0) is 13.9. The fraction of sp³-hybridized carbons (Fsp3) is 0.467. The van der Waals surface area contributed by atoms with Crippen LogP contribution in [0.4, 0.5) is 5.69 Å². The van der Waals surface area contributed by atoms with Crippen molar-refractivity contribution in [1.29, 1.82) is 0 Å². The maximum atomic E-state index is 12.5. The largest absolute Gasteiger partial charge is 0.482 e. The molecule has 1 aromatic rings. The number of carbonyl (C=O) groups is 2. The van der Waals surface area contributed by atoms with Crippen molar-refractivity contribution in [3.05, 3.63) is 23.8 Å². The highest BCUT2D eigenvalue weighted by Gasteiger charge is 2.21. The Hall–Kier alpha value is -2.04. The lowest BCUT2D eigenvalue weighted by Crippen LogP contribution is -2.32. The molecule has 1 saturated heterocycles. The SMILES string of the molecule is O=C1COc2cc(C(=O)N3CCCCCC3)ccc2N1. The molecule has 0 unspecified atom stereocenters. The Kier molecular flexibility index (Phi) is 3.58. The first kappa shape index (κ1) is 13.0. The van der Waals surface area contributed by atoms with Gasteiger partial charge in [0.05, 0.1) is 5.69 Å². The second-order valence-electron chi connectivity index (χ2n) is 5.25. The maximum Gasteiger partial charge on any atom is 0.262 e. The van der Waals surface area contributed by atoms with Crippen molar-refractivity contribution in [2.45, 2.75) is 25.7 Å². The van der Waals surface area contributed by atoms with Gasteiger partial charge in [0.1, 0.15) is 5.75 Å². The average Bonchev–Trinajstić information content (AvgIpc) is 2.75. The normalized spacial score (nSPS) is 18.6. The number of hydrogen-bond donors (Lipinski definition) is 1. The molecule has 0 radical (unpaired) electrons. The lowest BCUT2D eigenvalue weighted by Gasteiger charge is -2.22. The number of nitrogens with one attached hydrogen (secondary N) is 1. The molecule has 2 amide bonds. The Morgan fingerprint density at radius 2 is 1.90 bits per heavy atom. The van der Waals surface area contributed by atoms with Gasteiger partial charge < -0.3 is 15.0 Å². The van der Waals surface area contributed by atoms with Crippen LogP contribution in [0.2, 0.25) is 0 Å². The third-order valence-corrected chi connectivity index (χ3v) is 3.75. The summed E-state index contributed by atoms with van der Waals surface area (Å²) in [7, 11) is 0. The fourth-order valence-corrected chi connectivity index (χ4v) is 2.66. The van der Waals surface area contributed by atoms with E-state index in [1.165, 1.54) is 12.8 Å². The van der Waals surface area contributed by atoms with E-state index in [0.717, 1.165) is 25.9 Å². The minimum absolute atomic E-state index is 0.00829. The van der Waals surface area contributed by atoms with Gasteiger partial charge >= 0.3 is 0 Å². The van der Waals surface area contributed by atoms with E-state index in [2.05, 4.69) is 5.32 Å². The van der Waals surface area contributed by atoms with E-state index in [1.54, 1.807) is 18.2 Å². The van der Waals surface area contributed by atoms with Crippen LogP contribution in [0.3, 0.4) is 0 Å². The van der Waals surface area contributed by atoms with Crippen LogP contribution < -0.4 is 10.1 Å². The smallest absolute Gasteiger partial charge is 0.262 e. The van der Waals surface area contributed by atoms with Crippen molar-refractivity contribution >= 4 is 17.5 Å². The van der Waals surface area contributed by atoms with Crippen LogP contribution >= 0.6 is 0 Å². The summed E-state index contributed by atoms with van der Waals surface area (Å²) in [6.07, 6.45) is 4.54. The summed E-state index contributed by atoms with van der Waals surface area (Å²) in [6, 6.07) is 5.21. The molecular formula is C15H18N2O3. The van der Waals surface area contributed by atoms with Gasteiger partial charge in [0, 0.05) is 18.7 Å². The third kappa shape index (κ3) is 2.61. The van der Waals surface area contributed by atoms with Gasteiger partial charge in [-0.3, -0.25) is 9.59 Å². The van der Waals surface area contributed by atoms with E-state index < -0.39 is 0 Å². The Bertz CT molecular complexity index is 534. The number of anilines is 1. The molecule has 5 heteroatoms. The van der Waals surface area contributed by atoms with Gasteiger partial charge in [0.15, 0.2) is 6.61 Å². The Morgan fingerprint density at radius 3 is 2.65 bits per heavy atom. The average molecular weight is 274 g/mol. The first-order valence-electron chi connectivity index (χ1n) is 7.10. The molecule has 2 aliphatic heterocycles. The number of ether oxygens (including phenoxy) is 1. The van der Waals surface area contributed by atoms with Crippen LogP contribution in [0.5, 0.6) is 5.75 Å². The van der Waals surface area contributed by atoms with Crippen molar-refractivity contribution in [3.8, 4) is 5.75 Å². The highest BCUT2D eigenvalue weighted by atomic mass is 16.5. The number of hydrogen-bond acceptors (Lipinski definition) is 3. The zero-order valence-corrected chi connectivity index (χ0v) is 11.4. The molecule has 106 valence electrons. The molecule has 2 heterocycles. The summed E-state index contributed by atoms with van der Waals surface area (Å²) in [4.78, 5) is 25.6. The molecule has 0 bridgehead atoms. The van der Waals surface area contributed by atoms with Crippen LogP contribution in [0.25, 0.3) is 0 Å². The van der Waals surface area contributed by atoms with E-state index in [0.29, 0.717) is 17.0 Å². The van der Waals surface area contributed by atoms with Crippen molar-refractivity contribution in [2.75, 3.05) is 25.0 Å². The monoisotopic (exact) mass is 274 g/mol. The summed E-state index contributed by atoms with van der Waals surface area (Å²) in [6.45, 7) is 1.66. The van der Waals surface area contributed by atoms with Crippen LogP contribution in [0.15, 0.2) is 18.2 Å². The number of rotatable bonds is 1. The van der Waals surface area contributed by atoms with Gasteiger partial charge in [-0.2, -0.15) is 0 Å². The number of likely N-dealkylation sites (tertiary alicyclic amines) is 1. The van der Waals surface area contributed by atoms with Gasteiger partial charge in [0.2, 0.25) is 0 Å². The predicted molar refractivity (Wildman–Crippen MR) is 74.9 cm³/mol. The molecule has 0 aliphatic carbocycles. The van der Waals surface area contributed by atoms with Crippen LogP contribution in [-0.2, 0) is 4.79 Å². The predicted octanol–water partition coefficient (Wildman–Crippen LogP) is 2.03. The molecule has 3 rings (SSSR count). The first-order valence-corrected chi connectivity index (χ1v) is 7.10. The van der Waals surface area contributed by atoms with Crippen molar-refractivity contribution in [2.24, 2.45) is 0 Å². The molecule has 1 aromatic carbocycles. The third-order valence-electron chi connectivity index (χ3n) is 3.75. The maximum absolute atomic E-state index is 12.5. The molecule has 0 saturated carbocycles. The molecule has 1 N–H and O–H groups in total. The lowest BCUT2D eigenvalue weighted by atomic mass is 10.1. The summed E-state index contributed by atoms with van der Waals surface area (Å²) in [5, 5.41) is 2.73. The van der Waals surface area contributed by atoms with Gasteiger partial charge in [-0.1, -0.05) is 12.8 Å². The molecule has 0 spiro atoms.